The van der Waals surface area contributed by atoms with Gasteiger partial charge in [-0.25, -0.2) is 0 Å². The second-order valence-corrected chi connectivity index (χ2v) is 8.10. The van der Waals surface area contributed by atoms with Crippen molar-refractivity contribution >= 4 is 43.9 Å². The van der Waals surface area contributed by atoms with Crippen molar-refractivity contribution in [1.29, 1.82) is 0 Å². The highest BCUT2D eigenvalue weighted by Gasteiger charge is 2.24. The van der Waals surface area contributed by atoms with E-state index in [2.05, 4.69) is 10.6 Å². The number of carbonyl (C=O) groups excluding carboxylic acids is 2. The number of carbonyl (C=O) groups is 2. The van der Waals surface area contributed by atoms with Crippen LogP contribution < -0.4 is 10.6 Å². The summed E-state index contributed by atoms with van der Waals surface area (Å²) in [5.41, 5.74) is -0.399. The molecule has 0 unspecified atom stereocenters. The molecule has 0 heterocycles. The Morgan fingerprint density at radius 2 is 1.33 bits per heavy atom. The summed E-state index contributed by atoms with van der Waals surface area (Å²) in [6, 6.07) is 6.74. The summed E-state index contributed by atoms with van der Waals surface area (Å²) in [5, 5.41) is 4.54. The third-order valence-electron chi connectivity index (χ3n) is 3.36. The second kappa shape index (κ2) is 7.44. The van der Waals surface area contributed by atoms with E-state index in [1.54, 1.807) is 0 Å². The first kappa shape index (κ1) is 20.5. The summed E-state index contributed by atoms with van der Waals surface area (Å²) >= 11 is 0. The zero-order chi connectivity index (χ0) is 20.4. The zero-order valence-corrected chi connectivity index (χ0v) is 15.3. The first-order chi connectivity index (χ1) is 12.4. The van der Waals surface area contributed by atoms with Gasteiger partial charge in [-0.05, 0) is 24.3 Å². The smallest absolute Gasteiger partial charge is 0.295 e. The van der Waals surface area contributed by atoms with E-state index in [-0.39, 0.29) is 28.9 Å². The first-order valence-corrected chi connectivity index (χ1v) is 10.0. The Hall–Kier alpha value is -2.80. The Balaban J connectivity index is 2.81. The molecule has 10 nitrogen and oxygen atoms in total. The molecule has 144 valence electrons. The summed E-state index contributed by atoms with van der Waals surface area (Å²) in [4.78, 5) is 20.3. The third kappa shape index (κ3) is 4.89. The highest BCUT2D eigenvalue weighted by molar-refractivity contribution is 7.86. The molecule has 2 rings (SSSR count). The summed E-state index contributed by atoms with van der Waals surface area (Å²) in [6.45, 7) is 1.19. The predicted octanol–water partition coefficient (Wildman–Crippen LogP) is 1.37. The van der Waals surface area contributed by atoms with Gasteiger partial charge < -0.3 is 10.6 Å². The van der Waals surface area contributed by atoms with E-state index in [9.17, 15) is 35.5 Å². The van der Waals surface area contributed by atoms with Crippen LogP contribution in [-0.2, 0) is 29.8 Å². The molecule has 0 fully saturated rings. The molecular formula is C15H14N2O8S2. The van der Waals surface area contributed by atoms with E-state index in [1.165, 1.54) is 19.1 Å². The van der Waals surface area contributed by atoms with E-state index in [0.717, 1.165) is 24.3 Å². The van der Waals surface area contributed by atoms with Crippen molar-refractivity contribution in [2.45, 2.75) is 16.7 Å². The van der Waals surface area contributed by atoms with Gasteiger partial charge in [-0.3, -0.25) is 18.7 Å². The Bertz CT molecular complexity index is 1120. The number of nitrogens with one attached hydrogen (secondary N) is 2. The summed E-state index contributed by atoms with van der Waals surface area (Å²) in [6.07, 6.45) is 0.286. The number of benzene rings is 2. The first-order valence-electron chi connectivity index (χ1n) is 7.14. The molecule has 0 spiro atoms. The maximum absolute atomic E-state index is 11.8. The van der Waals surface area contributed by atoms with Crippen molar-refractivity contribution in [3.05, 3.63) is 36.4 Å². The lowest BCUT2D eigenvalue weighted by Crippen LogP contribution is -2.09. The minimum atomic E-state index is -4.82. The summed E-state index contributed by atoms with van der Waals surface area (Å²) in [5.74, 6) is -0.494. The Morgan fingerprint density at radius 3 is 1.74 bits per heavy atom. The second-order valence-electron chi connectivity index (χ2n) is 5.32. The van der Waals surface area contributed by atoms with Crippen LogP contribution in [0.15, 0.2) is 46.2 Å². The molecule has 12 heteroatoms. The average Bonchev–Trinajstić information content (AvgIpc) is 2.53. The molecule has 0 atom stereocenters. The number of rotatable bonds is 6. The van der Waals surface area contributed by atoms with Gasteiger partial charge in [0.25, 0.3) is 20.2 Å². The van der Waals surface area contributed by atoms with E-state index in [4.69, 9.17) is 0 Å². The molecule has 0 saturated carbocycles. The highest BCUT2D eigenvalue weighted by atomic mass is 32.2. The molecule has 27 heavy (non-hydrogen) atoms. The molecule has 0 aliphatic rings. The van der Waals surface area contributed by atoms with Crippen molar-refractivity contribution < 1.29 is 35.5 Å². The van der Waals surface area contributed by atoms with Crippen LogP contribution in [-0.4, -0.2) is 38.3 Å². The van der Waals surface area contributed by atoms with E-state index in [1.807, 2.05) is 0 Å². The normalized spacial score (nSPS) is 11.7. The SMILES string of the molecule is CC(=O)Nc1ccc(-c2ccc(NC=O)cc2S(=O)(=O)O)c(S(=O)(=O)O)c1. The standard InChI is InChI=1S/C15H14N2O8S2/c1-9(19)17-11-3-5-13(15(7-11)27(23,24)25)12-4-2-10(16-8-18)6-14(12)26(20,21)22/h2-8H,1H3,(H,16,18)(H,17,19)(H,20,21,22)(H,23,24,25). The third-order valence-corrected chi connectivity index (χ3v) is 5.14. The lowest BCUT2D eigenvalue weighted by molar-refractivity contribution is -0.114. The number of anilines is 2. The van der Waals surface area contributed by atoms with Gasteiger partial charge in [-0.1, -0.05) is 12.1 Å². The fourth-order valence-corrected chi connectivity index (χ4v) is 3.82. The maximum Gasteiger partial charge on any atom is 0.295 e. The minimum Gasteiger partial charge on any atom is -0.329 e. The molecule has 2 amide bonds. The van der Waals surface area contributed by atoms with E-state index < -0.39 is 35.9 Å². The number of hydrogen-bond acceptors (Lipinski definition) is 6. The van der Waals surface area contributed by atoms with Crippen LogP contribution in [0.2, 0.25) is 0 Å². The lowest BCUT2D eigenvalue weighted by Gasteiger charge is -2.14. The number of amides is 2. The molecule has 4 N–H and O–H groups in total. The fourth-order valence-electron chi connectivity index (χ4n) is 2.36. The quantitative estimate of drug-likeness (QED) is 0.406. The Labute approximate surface area is 154 Å². The molecule has 0 aromatic heterocycles. The Kier molecular flexibility index (Phi) is 5.65. The maximum atomic E-state index is 11.8. The van der Waals surface area contributed by atoms with Gasteiger partial charge in [0, 0.05) is 29.4 Å². The lowest BCUT2D eigenvalue weighted by atomic mass is 10.0. The van der Waals surface area contributed by atoms with Gasteiger partial charge >= 0.3 is 0 Å². The van der Waals surface area contributed by atoms with Gasteiger partial charge in [0.05, 0.1) is 0 Å². The van der Waals surface area contributed by atoms with Crippen LogP contribution in [0.25, 0.3) is 11.1 Å². The molecule has 0 saturated heterocycles. The Morgan fingerprint density at radius 1 is 0.889 bits per heavy atom. The minimum absolute atomic E-state index is 0.0321. The van der Waals surface area contributed by atoms with Crippen molar-refractivity contribution in [1.82, 2.24) is 0 Å². The van der Waals surface area contributed by atoms with Crippen LogP contribution >= 0.6 is 0 Å². The largest absolute Gasteiger partial charge is 0.329 e. The van der Waals surface area contributed by atoms with E-state index in [0.29, 0.717) is 0 Å². The molecular weight excluding hydrogens is 400 g/mol. The van der Waals surface area contributed by atoms with Gasteiger partial charge in [0.2, 0.25) is 12.3 Å². The zero-order valence-electron chi connectivity index (χ0n) is 13.7. The summed E-state index contributed by atoms with van der Waals surface area (Å²) in [7, 11) is -9.64. The molecule has 0 radical (unpaired) electrons. The molecule has 0 aliphatic carbocycles. The molecule has 2 aromatic carbocycles. The van der Waals surface area contributed by atoms with Gasteiger partial charge in [-0.15, -0.1) is 0 Å². The monoisotopic (exact) mass is 414 g/mol. The van der Waals surface area contributed by atoms with Crippen LogP contribution in [0.5, 0.6) is 0 Å². The van der Waals surface area contributed by atoms with E-state index >= 15 is 0 Å². The predicted molar refractivity (Wildman–Crippen MR) is 95.5 cm³/mol. The van der Waals surface area contributed by atoms with Crippen molar-refractivity contribution in [3.63, 3.8) is 0 Å². The molecule has 0 bridgehead atoms. The average molecular weight is 414 g/mol. The van der Waals surface area contributed by atoms with Crippen LogP contribution in [0.4, 0.5) is 11.4 Å². The van der Waals surface area contributed by atoms with Gasteiger partial charge in [0.15, 0.2) is 0 Å². The summed E-state index contributed by atoms with van der Waals surface area (Å²) < 4.78 is 66.0. The molecule has 0 aliphatic heterocycles. The van der Waals surface area contributed by atoms with Crippen LogP contribution in [0.3, 0.4) is 0 Å². The van der Waals surface area contributed by atoms with Crippen LogP contribution in [0.1, 0.15) is 6.92 Å². The van der Waals surface area contributed by atoms with Crippen molar-refractivity contribution in [3.8, 4) is 11.1 Å². The van der Waals surface area contributed by atoms with Gasteiger partial charge in [-0.2, -0.15) is 16.8 Å². The van der Waals surface area contributed by atoms with Crippen molar-refractivity contribution in [2.75, 3.05) is 10.6 Å². The molecule has 2 aromatic rings. The fraction of sp³-hybridized carbons (Fsp3) is 0.0667. The highest BCUT2D eigenvalue weighted by Crippen LogP contribution is 2.35. The number of hydrogen-bond donors (Lipinski definition) is 4. The van der Waals surface area contributed by atoms with Gasteiger partial charge in [0.1, 0.15) is 9.79 Å². The van der Waals surface area contributed by atoms with Crippen LogP contribution in [0, 0.1) is 0 Å². The van der Waals surface area contributed by atoms with Crippen molar-refractivity contribution in [2.24, 2.45) is 0 Å². The topological polar surface area (TPSA) is 167 Å².